The van der Waals surface area contributed by atoms with Crippen LogP contribution in [-0.2, 0) is 0 Å². The van der Waals surface area contributed by atoms with Crippen LogP contribution in [0.4, 0.5) is 17.1 Å². The summed E-state index contributed by atoms with van der Waals surface area (Å²) in [7, 11) is 0. The van der Waals surface area contributed by atoms with Crippen LogP contribution in [0.5, 0.6) is 0 Å². The molecule has 2 aromatic rings. The van der Waals surface area contributed by atoms with Gasteiger partial charge in [-0.05, 0) is 43.3 Å². The summed E-state index contributed by atoms with van der Waals surface area (Å²) in [6.45, 7) is 1.47. The highest BCUT2D eigenvalue weighted by Gasteiger charge is 2.07. The molecule has 0 radical (unpaired) electrons. The number of halogens is 2. The molecule has 0 aliphatic rings. The average molecular weight is 295 g/mol. The Morgan fingerprint density at radius 1 is 1.16 bits per heavy atom. The smallest absolute Gasteiger partial charge is 0.161 e. The highest BCUT2D eigenvalue weighted by Crippen LogP contribution is 2.29. The number of nitrogen functional groups attached to an aromatic ring is 1. The van der Waals surface area contributed by atoms with Crippen LogP contribution in [0.15, 0.2) is 36.4 Å². The Bertz CT molecular complexity index is 641. The lowest BCUT2D eigenvalue weighted by molar-refractivity contribution is 0.101. The molecule has 2 aromatic carbocycles. The standard InChI is InChI=1S/C14H12Cl2N2O/c1-8(19)11-7-10(3-5-13(11)17)18-14-6-9(15)2-4-12(14)16/h2-7,18H,17H2,1H3. The van der Waals surface area contributed by atoms with Gasteiger partial charge in [0.2, 0.25) is 0 Å². The molecule has 0 amide bonds. The maximum atomic E-state index is 11.4. The Kier molecular flexibility index (Phi) is 3.98. The SMILES string of the molecule is CC(=O)c1cc(Nc2cc(Cl)ccc2Cl)ccc1N. The maximum Gasteiger partial charge on any atom is 0.161 e. The van der Waals surface area contributed by atoms with Crippen molar-refractivity contribution in [1.29, 1.82) is 0 Å². The first-order chi connectivity index (χ1) is 8.97. The highest BCUT2D eigenvalue weighted by atomic mass is 35.5. The summed E-state index contributed by atoms with van der Waals surface area (Å²) < 4.78 is 0. The van der Waals surface area contributed by atoms with E-state index in [0.717, 1.165) is 5.69 Å². The van der Waals surface area contributed by atoms with Gasteiger partial charge < -0.3 is 11.1 Å². The number of hydrogen-bond acceptors (Lipinski definition) is 3. The van der Waals surface area contributed by atoms with Crippen molar-refractivity contribution in [2.24, 2.45) is 0 Å². The third-order valence-electron chi connectivity index (χ3n) is 2.64. The molecule has 0 fully saturated rings. The summed E-state index contributed by atoms with van der Waals surface area (Å²) in [5.74, 6) is -0.0849. The molecule has 0 spiro atoms. The number of benzene rings is 2. The first kappa shape index (κ1) is 13.7. The van der Waals surface area contributed by atoms with E-state index in [4.69, 9.17) is 28.9 Å². The molecular formula is C14H12Cl2N2O. The number of rotatable bonds is 3. The predicted octanol–water partition coefficient (Wildman–Crippen LogP) is 4.52. The Hall–Kier alpha value is -1.71. The lowest BCUT2D eigenvalue weighted by atomic mass is 10.1. The molecular weight excluding hydrogens is 283 g/mol. The van der Waals surface area contributed by atoms with Crippen LogP contribution in [0.1, 0.15) is 17.3 Å². The number of hydrogen-bond donors (Lipinski definition) is 2. The summed E-state index contributed by atoms with van der Waals surface area (Å²) in [4.78, 5) is 11.4. The van der Waals surface area contributed by atoms with Gasteiger partial charge in [-0.15, -0.1) is 0 Å². The van der Waals surface area contributed by atoms with Crippen molar-refractivity contribution in [2.45, 2.75) is 6.92 Å². The van der Waals surface area contributed by atoms with Crippen LogP contribution in [0, 0.1) is 0 Å². The van der Waals surface area contributed by atoms with E-state index in [-0.39, 0.29) is 5.78 Å². The van der Waals surface area contributed by atoms with E-state index in [1.807, 2.05) is 0 Å². The first-order valence-corrected chi connectivity index (χ1v) is 6.35. The van der Waals surface area contributed by atoms with E-state index < -0.39 is 0 Å². The fourth-order valence-corrected chi connectivity index (χ4v) is 2.02. The van der Waals surface area contributed by atoms with Crippen molar-refractivity contribution < 1.29 is 4.79 Å². The average Bonchev–Trinajstić information content (AvgIpc) is 2.36. The number of carbonyl (C=O) groups is 1. The fourth-order valence-electron chi connectivity index (χ4n) is 1.69. The topological polar surface area (TPSA) is 55.1 Å². The molecule has 0 aromatic heterocycles. The number of nitrogens with two attached hydrogens (primary N) is 1. The second-order valence-electron chi connectivity index (χ2n) is 4.11. The van der Waals surface area contributed by atoms with Gasteiger partial charge in [-0.3, -0.25) is 4.79 Å². The quantitative estimate of drug-likeness (QED) is 0.646. The molecule has 0 aliphatic carbocycles. The zero-order valence-electron chi connectivity index (χ0n) is 10.2. The molecule has 0 heterocycles. The van der Waals surface area contributed by atoms with Gasteiger partial charge in [0, 0.05) is 22.0 Å². The van der Waals surface area contributed by atoms with Crippen LogP contribution in [-0.4, -0.2) is 5.78 Å². The van der Waals surface area contributed by atoms with Crippen LogP contribution < -0.4 is 11.1 Å². The second-order valence-corrected chi connectivity index (χ2v) is 4.95. The van der Waals surface area contributed by atoms with Gasteiger partial charge in [0.05, 0.1) is 10.7 Å². The van der Waals surface area contributed by atoms with Gasteiger partial charge in [-0.2, -0.15) is 0 Å². The van der Waals surface area contributed by atoms with E-state index >= 15 is 0 Å². The van der Waals surface area contributed by atoms with Crippen LogP contribution in [0.3, 0.4) is 0 Å². The lowest BCUT2D eigenvalue weighted by Gasteiger charge is -2.11. The number of carbonyl (C=O) groups excluding carboxylic acids is 1. The van der Waals surface area contributed by atoms with Gasteiger partial charge in [0.1, 0.15) is 0 Å². The Morgan fingerprint density at radius 3 is 2.58 bits per heavy atom. The molecule has 5 heteroatoms. The molecule has 3 N–H and O–H groups in total. The van der Waals surface area contributed by atoms with Crippen molar-refractivity contribution in [2.75, 3.05) is 11.1 Å². The van der Waals surface area contributed by atoms with Crippen LogP contribution in [0.2, 0.25) is 10.0 Å². The molecule has 0 atom stereocenters. The van der Waals surface area contributed by atoms with Gasteiger partial charge in [-0.1, -0.05) is 23.2 Å². The second kappa shape index (κ2) is 5.51. The molecule has 19 heavy (non-hydrogen) atoms. The van der Waals surface area contributed by atoms with Crippen LogP contribution >= 0.6 is 23.2 Å². The number of Topliss-reactive ketones (excluding diaryl/α,β-unsaturated/α-hetero) is 1. The largest absolute Gasteiger partial charge is 0.398 e. The summed E-state index contributed by atoms with van der Waals surface area (Å²) in [5, 5.41) is 4.24. The Morgan fingerprint density at radius 2 is 1.89 bits per heavy atom. The number of nitrogens with one attached hydrogen (secondary N) is 1. The molecule has 0 unspecified atom stereocenters. The summed E-state index contributed by atoms with van der Waals surface area (Å²) in [6, 6.07) is 10.3. The molecule has 0 saturated heterocycles. The minimum absolute atomic E-state index is 0.0849. The van der Waals surface area contributed by atoms with Gasteiger partial charge in [0.15, 0.2) is 5.78 Å². The summed E-state index contributed by atoms with van der Waals surface area (Å²) in [5.41, 5.74) is 8.07. The first-order valence-electron chi connectivity index (χ1n) is 5.60. The molecule has 98 valence electrons. The minimum Gasteiger partial charge on any atom is -0.398 e. The van der Waals surface area contributed by atoms with Crippen molar-refractivity contribution >= 4 is 46.0 Å². The predicted molar refractivity (Wildman–Crippen MR) is 80.6 cm³/mol. The van der Waals surface area contributed by atoms with Crippen molar-refractivity contribution in [1.82, 2.24) is 0 Å². The van der Waals surface area contributed by atoms with Crippen molar-refractivity contribution in [3.05, 3.63) is 52.0 Å². The van der Waals surface area contributed by atoms with Gasteiger partial charge >= 0.3 is 0 Å². The summed E-state index contributed by atoms with van der Waals surface area (Å²) in [6.07, 6.45) is 0. The zero-order chi connectivity index (χ0) is 14.0. The minimum atomic E-state index is -0.0849. The molecule has 0 aliphatic heterocycles. The van der Waals surface area contributed by atoms with Gasteiger partial charge in [-0.25, -0.2) is 0 Å². The summed E-state index contributed by atoms with van der Waals surface area (Å²) >= 11 is 12.0. The number of ketones is 1. The van der Waals surface area contributed by atoms with E-state index in [0.29, 0.717) is 27.0 Å². The molecule has 2 rings (SSSR count). The molecule has 0 bridgehead atoms. The highest BCUT2D eigenvalue weighted by molar-refractivity contribution is 6.35. The van der Waals surface area contributed by atoms with E-state index in [1.165, 1.54) is 6.92 Å². The Balaban J connectivity index is 2.36. The van der Waals surface area contributed by atoms with E-state index in [2.05, 4.69) is 5.32 Å². The maximum absolute atomic E-state index is 11.4. The van der Waals surface area contributed by atoms with Gasteiger partial charge in [0.25, 0.3) is 0 Å². The lowest BCUT2D eigenvalue weighted by Crippen LogP contribution is -2.01. The molecule has 3 nitrogen and oxygen atoms in total. The third kappa shape index (κ3) is 3.19. The number of anilines is 3. The normalized spacial score (nSPS) is 10.3. The zero-order valence-corrected chi connectivity index (χ0v) is 11.7. The monoisotopic (exact) mass is 294 g/mol. The Labute approximate surface area is 121 Å². The van der Waals surface area contributed by atoms with E-state index in [1.54, 1.807) is 36.4 Å². The third-order valence-corrected chi connectivity index (χ3v) is 3.20. The van der Waals surface area contributed by atoms with Crippen LogP contribution in [0.25, 0.3) is 0 Å². The van der Waals surface area contributed by atoms with E-state index in [9.17, 15) is 4.79 Å². The van der Waals surface area contributed by atoms with Crippen molar-refractivity contribution in [3.63, 3.8) is 0 Å². The fraction of sp³-hybridized carbons (Fsp3) is 0.0714. The molecule has 0 saturated carbocycles. The van der Waals surface area contributed by atoms with Crippen molar-refractivity contribution in [3.8, 4) is 0 Å².